The third kappa shape index (κ3) is 3.18. The molecular weight excluding hydrogens is 186 g/mol. The van der Waals surface area contributed by atoms with Crippen LogP contribution in [0.5, 0.6) is 0 Å². The molecule has 0 aliphatic heterocycles. The summed E-state index contributed by atoms with van der Waals surface area (Å²) in [6.45, 7) is 8.54. The maximum Gasteiger partial charge on any atom is 0.148 e. The Balaban J connectivity index is 2.90. The zero-order valence-corrected chi connectivity index (χ0v) is 10.2. The second-order valence-electron chi connectivity index (χ2n) is 3.82. The van der Waals surface area contributed by atoms with Gasteiger partial charge in [0.1, 0.15) is 5.82 Å². The third-order valence-electron chi connectivity index (χ3n) is 2.59. The van der Waals surface area contributed by atoms with Crippen molar-refractivity contribution in [3.63, 3.8) is 0 Å². The van der Waals surface area contributed by atoms with Crippen LogP contribution in [0.2, 0.25) is 0 Å². The number of hydrogen-bond donors (Lipinski definition) is 1. The van der Waals surface area contributed by atoms with Crippen molar-refractivity contribution in [1.29, 1.82) is 0 Å². The lowest BCUT2D eigenvalue weighted by atomic mass is 10.2. The second-order valence-corrected chi connectivity index (χ2v) is 3.82. The number of aromatic nitrogens is 2. The summed E-state index contributed by atoms with van der Waals surface area (Å²) in [5, 5.41) is 3.41. The number of aryl methyl sites for hydroxylation is 2. The largest absolute Gasteiger partial charge is 0.366 e. The molecule has 0 radical (unpaired) electrons. The Morgan fingerprint density at radius 2 is 2.00 bits per heavy atom. The molecule has 3 nitrogen and oxygen atoms in total. The highest BCUT2D eigenvalue weighted by Crippen LogP contribution is 2.13. The molecule has 1 N–H and O–H groups in total. The first-order chi connectivity index (χ1) is 7.21. The number of nitrogens with one attached hydrogen (secondary N) is 1. The van der Waals surface area contributed by atoms with Gasteiger partial charge in [0.25, 0.3) is 0 Å². The monoisotopic (exact) mass is 207 g/mol. The fourth-order valence-corrected chi connectivity index (χ4v) is 1.33. The van der Waals surface area contributed by atoms with Crippen molar-refractivity contribution in [3.8, 4) is 0 Å². The average molecular weight is 207 g/mol. The van der Waals surface area contributed by atoms with Crippen LogP contribution in [0.4, 0.5) is 5.82 Å². The van der Waals surface area contributed by atoms with Crippen LogP contribution < -0.4 is 5.32 Å². The predicted molar refractivity (Wildman–Crippen MR) is 64.2 cm³/mol. The smallest absolute Gasteiger partial charge is 0.148 e. The summed E-state index contributed by atoms with van der Waals surface area (Å²) < 4.78 is 0. The highest BCUT2D eigenvalue weighted by molar-refractivity contribution is 5.41. The topological polar surface area (TPSA) is 37.8 Å². The summed E-state index contributed by atoms with van der Waals surface area (Å²) in [6, 6.07) is 0.455. The first-order valence-corrected chi connectivity index (χ1v) is 5.82. The Morgan fingerprint density at radius 1 is 1.27 bits per heavy atom. The van der Waals surface area contributed by atoms with E-state index >= 15 is 0 Å². The minimum absolute atomic E-state index is 0.455. The number of nitrogens with zero attached hydrogens (tertiary/aromatic N) is 2. The minimum atomic E-state index is 0.455. The average Bonchev–Trinajstić information content (AvgIpc) is 2.28. The molecule has 0 aliphatic rings. The highest BCUT2D eigenvalue weighted by atomic mass is 15.0. The zero-order chi connectivity index (χ0) is 11.3. The van der Waals surface area contributed by atoms with Crippen molar-refractivity contribution >= 4 is 5.82 Å². The molecule has 0 amide bonds. The molecule has 0 bridgehead atoms. The fraction of sp³-hybridized carbons (Fsp3) is 0.667. The minimum Gasteiger partial charge on any atom is -0.366 e. The predicted octanol–water partition coefficient (Wildman–Crippen LogP) is 2.81. The van der Waals surface area contributed by atoms with Crippen molar-refractivity contribution in [2.24, 2.45) is 0 Å². The van der Waals surface area contributed by atoms with E-state index in [2.05, 4.69) is 43.0 Å². The van der Waals surface area contributed by atoms with E-state index < -0.39 is 0 Å². The van der Waals surface area contributed by atoms with E-state index in [1.54, 1.807) is 0 Å². The molecule has 0 fully saturated rings. The molecule has 0 spiro atoms. The number of hydrogen-bond acceptors (Lipinski definition) is 3. The Hall–Kier alpha value is -1.12. The van der Waals surface area contributed by atoms with Gasteiger partial charge in [0.15, 0.2) is 0 Å². The quantitative estimate of drug-likeness (QED) is 0.806. The van der Waals surface area contributed by atoms with Crippen LogP contribution in [0.15, 0.2) is 6.20 Å². The standard InChI is InChI=1S/C12H21N3/c1-5-9(4)14-12-11(7-3)13-8-10(6-2)15-12/h8-9H,5-7H2,1-4H3,(H,14,15)/t9-/m0/s1. The Bertz CT molecular complexity index is 310. The highest BCUT2D eigenvalue weighted by Gasteiger charge is 2.07. The van der Waals surface area contributed by atoms with Crippen molar-refractivity contribution < 1.29 is 0 Å². The van der Waals surface area contributed by atoms with Gasteiger partial charge in [0, 0.05) is 12.2 Å². The van der Waals surface area contributed by atoms with E-state index in [-0.39, 0.29) is 0 Å². The SMILES string of the molecule is CCc1cnc(CC)c(N[C@@H](C)CC)n1. The van der Waals surface area contributed by atoms with Crippen LogP contribution in [-0.4, -0.2) is 16.0 Å². The molecule has 0 aliphatic carbocycles. The van der Waals surface area contributed by atoms with Gasteiger partial charge in [0.05, 0.1) is 11.4 Å². The van der Waals surface area contributed by atoms with Crippen molar-refractivity contribution in [1.82, 2.24) is 9.97 Å². The molecule has 0 aromatic carbocycles. The summed E-state index contributed by atoms with van der Waals surface area (Å²) >= 11 is 0. The van der Waals surface area contributed by atoms with E-state index in [0.29, 0.717) is 6.04 Å². The summed E-state index contributed by atoms with van der Waals surface area (Å²) in [4.78, 5) is 9.01. The van der Waals surface area contributed by atoms with E-state index in [1.165, 1.54) is 0 Å². The molecule has 1 aromatic heterocycles. The third-order valence-corrected chi connectivity index (χ3v) is 2.59. The van der Waals surface area contributed by atoms with Gasteiger partial charge in [-0.15, -0.1) is 0 Å². The van der Waals surface area contributed by atoms with Crippen molar-refractivity contribution in [2.45, 2.75) is 53.0 Å². The summed E-state index contributed by atoms with van der Waals surface area (Å²) in [5.74, 6) is 0.964. The van der Waals surface area contributed by atoms with Gasteiger partial charge in [-0.1, -0.05) is 20.8 Å². The van der Waals surface area contributed by atoms with Gasteiger partial charge >= 0.3 is 0 Å². The van der Waals surface area contributed by atoms with Crippen molar-refractivity contribution in [2.75, 3.05) is 5.32 Å². The lowest BCUT2D eigenvalue weighted by molar-refractivity contribution is 0.751. The molecule has 1 rings (SSSR count). The van der Waals surface area contributed by atoms with Gasteiger partial charge in [-0.3, -0.25) is 4.98 Å². The van der Waals surface area contributed by atoms with E-state index in [0.717, 1.165) is 36.5 Å². The van der Waals surface area contributed by atoms with Gasteiger partial charge in [-0.2, -0.15) is 0 Å². The van der Waals surface area contributed by atoms with E-state index in [1.807, 2.05) is 6.20 Å². The summed E-state index contributed by atoms with van der Waals surface area (Å²) in [6.07, 6.45) is 4.84. The van der Waals surface area contributed by atoms with Crippen LogP contribution in [0.3, 0.4) is 0 Å². The summed E-state index contributed by atoms with van der Waals surface area (Å²) in [7, 11) is 0. The molecule has 0 unspecified atom stereocenters. The van der Waals surface area contributed by atoms with Gasteiger partial charge in [0.2, 0.25) is 0 Å². The van der Waals surface area contributed by atoms with Crippen molar-refractivity contribution in [3.05, 3.63) is 17.6 Å². The van der Waals surface area contributed by atoms with Gasteiger partial charge in [-0.05, 0) is 26.2 Å². The maximum atomic E-state index is 4.58. The first-order valence-electron chi connectivity index (χ1n) is 5.82. The summed E-state index contributed by atoms with van der Waals surface area (Å²) in [5.41, 5.74) is 2.12. The normalized spacial score (nSPS) is 12.5. The number of anilines is 1. The van der Waals surface area contributed by atoms with E-state index in [9.17, 15) is 0 Å². The van der Waals surface area contributed by atoms with Crippen LogP contribution in [0.25, 0.3) is 0 Å². The second kappa shape index (κ2) is 5.69. The van der Waals surface area contributed by atoms with Gasteiger partial charge in [-0.25, -0.2) is 4.98 Å². The van der Waals surface area contributed by atoms with Crippen LogP contribution >= 0.6 is 0 Å². The first kappa shape index (κ1) is 12.0. The Morgan fingerprint density at radius 3 is 2.53 bits per heavy atom. The Labute approximate surface area is 92.3 Å². The lowest BCUT2D eigenvalue weighted by Crippen LogP contribution is -2.17. The zero-order valence-electron chi connectivity index (χ0n) is 10.2. The molecule has 15 heavy (non-hydrogen) atoms. The molecule has 1 atom stereocenters. The molecule has 0 saturated heterocycles. The Kier molecular flexibility index (Phi) is 4.53. The van der Waals surface area contributed by atoms with Crippen LogP contribution in [0.1, 0.15) is 45.5 Å². The van der Waals surface area contributed by atoms with Crippen LogP contribution in [0, 0.1) is 0 Å². The lowest BCUT2D eigenvalue weighted by Gasteiger charge is -2.15. The molecule has 3 heteroatoms. The van der Waals surface area contributed by atoms with E-state index in [4.69, 9.17) is 0 Å². The molecule has 1 heterocycles. The molecular formula is C12H21N3. The van der Waals surface area contributed by atoms with Gasteiger partial charge < -0.3 is 5.32 Å². The maximum absolute atomic E-state index is 4.58. The number of rotatable bonds is 5. The fourth-order valence-electron chi connectivity index (χ4n) is 1.33. The molecule has 1 aromatic rings. The van der Waals surface area contributed by atoms with Crippen LogP contribution in [-0.2, 0) is 12.8 Å². The molecule has 84 valence electrons. The molecule has 0 saturated carbocycles.